The quantitative estimate of drug-likeness (QED) is 0.692. The van der Waals surface area contributed by atoms with E-state index in [1.165, 1.54) is 13.0 Å². The van der Waals surface area contributed by atoms with E-state index in [1.807, 2.05) is 0 Å². The molecule has 0 aliphatic carbocycles. The van der Waals surface area contributed by atoms with Gasteiger partial charge in [0.1, 0.15) is 0 Å². The highest BCUT2D eigenvalue weighted by molar-refractivity contribution is 4.91. The average molecular weight is 199 g/mol. The zero-order valence-corrected chi connectivity index (χ0v) is 10.3. The van der Waals surface area contributed by atoms with Gasteiger partial charge in [-0.1, -0.05) is 20.8 Å². The molecule has 0 bridgehead atoms. The van der Waals surface area contributed by atoms with Crippen molar-refractivity contribution < 1.29 is 4.74 Å². The molecule has 1 heterocycles. The van der Waals surface area contributed by atoms with E-state index in [1.54, 1.807) is 0 Å². The fraction of sp³-hybridized carbons (Fsp3) is 1.00. The molecule has 0 aromatic heterocycles. The second-order valence-electron chi connectivity index (χ2n) is 5.47. The number of hydrogen-bond acceptors (Lipinski definition) is 2. The van der Waals surface area contributed by atoms with Crippen molar-refractivity contribution in [2.75, 3.05) is 26.8 Å². The number of nitrogens with zero attached hydrogens (tertiary/aromatic N) is 1. The maximum atomic E-state index is 5.57. The predicted molar refractivity (Wildman–Crippen MR) is 60.5 cm³/mol. The molecule has 1 saturated heterocycles. The molecule has 84 valence electrons. The molecule has 0 saturated carbocycles. The first-order valence-corrected chi connectivity index (χ1v) is 5.74. The van der Waals surface area contributed by atoms with Gasteiger partial charge in [-0.2, -0.15) is 0 Å². The Bertz CT molecular complexity index is 174. The summed E-state index contributed by atoms with van der Waals surface area (Å²) in [5.74, 6) is 0.777. The Labute approximate surface area is 88.6 Å². The van der Waals surface area contributed by atoms with Gasteiger partial charge in [0.25, 0.3) is 0 Å². The highest BCUT2D eigenvalue weighted by Crippen LogP contribution is 2.37. The van der Waals surface area contributed by atoms with Crippen molar-refractivity contribution in [1.29, 1.82) is 0 Å². The molecule has 0 amide bonds. The standard InChI is InChI=1S/C12H25NO/c1-6-14-9-11-10(12(2,3)4)7-8-13(11)5/h10-11H,6-9H2,1-5H3. The topological polar surface area (TPSA) is 12.5 Å². The predicted octanol–water partition coefficient (Wildman–Crippen LogP) is 2.39. The lowest BCUT2D eigenvalue weighted by Gasteiger charge is -2.34. The molecule has 2 atom stereocenters. The van der Waals surface area contributed by atoms with E-state index in [4.69, 9.17) is 4.74 Å². The third kappa shape index (κ3) is 2.71. The van der Waals surface area contributed by atoms with Gasteiger partial charge in [-0.05, 0) is 38.3 Å². The molecule has 0 spiro atoms. The first-order chi connectivity index (χ1) is 6.46. The molecule has 2 heteroatoms. The maximum absolute atomic E-state index is 5.57. The maximum Gasteiger partial charge on any atom is 0.0624 e. The van der Waals surface area contributed by atoms with Crippen molar-refractivity contribution in [3.8, 4) is 0 Å². The molecular formula is C12H25NO. The van der Waals surface area contributed by atoms with E-state index in [0.29, 0.717) is 11.5 Å². The molecule has 1 fully saturated rings. The van der Waals surface area contributed by atoms with E-state index in [0.717, 1.165) is 19.1 Å². The minimum Gasteiger partial charge on any atom is -0.380 e. The summed E-state index contributed by atoms with van der Waals surface area (Å²) < 4.78 is 5.57. The van der Waals surface area contributed by atoms with Crippen LogP contribution in [0.25, 0.3) is 0 Å². The third-order valence-electron chi connectivity index (χ3n) is 3.43. The van der Waals surface area contributed by atoms with Gasteiger partial charge in [0.15, 0.2) is 0 Å². The number of hydrogen-bond donors (Lipinski definition) is 0. The molecule has 0 N–H and O–H groups in total. The van der Waals surface area contributed by atoms with E-state index in [-0.39, 0.29) is 0 Å². The number of ether oxygens (including phenoxy) is 1. The molecule has 0 aromatic carbocycles. The highest BCUT2D eigenvalue weighted by atomic mass is 16.5. The first kappa shape index (κ1) is 12.0. The van der Waals surface area contributed by atoms with Crippen LogP contribution in [0.15, 0.2) is 0 Å². The second-order valence-corrected chi connectivity index (χ2v) is 5.47. The van der Waals surface area contributed by atoms with Crippen molar-refractivity contribution in [1.82, 2.24) is 4.90 Å². The van der Waals surface area contributed by atoms with E-state index < -0.39 is 0 Å². The lowest BCUT2D eigenvalue weighted by molar-refractivity contribution is 0.0551. The zero-order chi connectivity index (χ0) is 10.8. The van der Waals surface area contributed by atoms with E-state index in [9.17, 15) is 0 Å². The average Bonchev–Trinajstić information content (AvgIpc) is 2.42. The Morgan fingerprint density at radius 3 is 2.50 bits per heavy atom. The normalized spacial score (nSPS) is 29.8. The van der Waals surface area contributed by atoms with Gasteiger partial charge >= 0.3 is 0 Å². The minimum atomic E-state index is 0.409. The van der Waals surface area contributed by atoms with Crippen LogP contribution >= 0.6 is 0 Å². The smallest absolute Gasteiger partial charge is 0.0624 e. The monoisotopic (exact) mass is 199 g/mol. The molecule has 2 unspecified atom stereocenters. The van der Waals surface area contributed by atoms with Gasteiger partial charge in [0.2, 0.25) is 0 Å². The Balaban J connectivity index is 2.57. The Morgan fingerprint density at radius 2 is 2.00 bits per heavy atom. The van der Waals surface area contributed by atoms with Crippen molar-refractivity contribution in [3.63, 3.8) is 0 Å². The number of likely N-dealkylation sites (N-methyl/N-ethyl adjacent to an activating group) is 1. The fourth-order valence-electron chi connectivity index (χ4n) is 2.50. The molecule has 14 heavy (non-hydrogen) atoms. The Morgan fingerprint density at radius 1 is 1.36 bits per heavy atom. The molecule has 2 nitrogen and oxygen atoms in total. The van der Waals surface area contributed by atoms with E-state index in [2.05, 4.69) is 39.6 Å². The molecule has 1 rings (SSSR count). The van der Waals surface area contributed by atoms with Crippen LogP contribution in [0, 0.1) is 11.3 Å². The zero-order valence-electron chi connectivity index (χ0n) is 10.3. The van der Waals surface area contributed by atoms with Gasteiger partial charge in [-0.25, -0.2) is 0 Å². The summed E-state index contributed by atoms with van der Waals surface area (Å²) in [6.45, 7) is 12.1. The Hall–Kier alpha value is -0.0800. The van der Waals surface area contributed by atoms with E-state index >= 15 is 0 Å². The van der Waals surface area contributed by atoms with Crippen molar-refractivity contribution in [3.05, 3.63) is 0 Å². The molecular weight excluding hydrogens is 174 g/mol. The summed E-state index contributed by atoms with van der Waals surface area (Å²) in [7, 11) is 2.22. The van der Waals surface area contributed by atoms with Crippen LogP contribution in [0.2, 0.25) is 0 Å². The van der Waals surface area contributed by atoms with Crippen LogP contribution in [-0.2, 0) is 4.74 Å². The Kier molecular flexibility index (Phi) is 3.96. The first-order valence-electron chi connectivity index (χ1n) is 5.74. The largest absolute Gasteiger partial charge is 0.380 e. The second kappa shape index (κ2) is 4.63. The van der Waals surface area contributed by atoms with Crippen molar-refractivity contribution in [2.24, 2.45) is 11.3 Å². The van der Waals surface area contributed by atoms with Crippen LogP contribution in [0.3, 0.4) is 0 Å². The molecule has 0 aromatic rings. The fourth-order valence-corrected chi connectivity index (χ4v) is 2.50. The molecule has 1 aliphatic rings. The summed E-state index contributed by atoms with van der Waals surface area (Å²) in [4.78, 5) is 2.45. The lowest BCUT2D eigenvalue weighted by Crippen LogP contribution is -2.38. The van der Waals surface area contributed by atoms with Crippen molar-refractivity contribution >= 4 is 0 Å². The molecule has 1 aliphatic heterocycles. The summed E-state index contributed by atoms with van der Waals surface area (Å²) >= 11 is 0. The highest BCUT2D eigenvalue weighted by Gasteiger charge is 2.38. The van der Waals surface area contributed by atoms with Gasteiger partial charge in [0, 0.05) is 12.6 Å². The lowest BCUT2D eigenvalue weighted by atomic mass is 9.76. The number of likely N-dealkylation sites (tertiary alicyclic amines) is 1. The summed E-state index contributed by atoms with van der Waals surface area (Å²) in [5.41, 5.74) is 0.409. The third-order valence-corrected chi connectivity index (χ3v) is 3.43. The van der Waals surface area contributed by atoms with Crippen LogP contribution in [0.5, 0.6) is 0 Å². The van der Waals surface area contributed by atoms with Gasteiger partial charge in [-0.3, -0.25) is 0 Å². The minimum absolute atomic E-state index is 0.409. The van der Waals surface area contributed by atoms with Gasteiger partial charge in [0.05, 0.1) is 6.61 Å². The summed E-state index contributed by atoms with van der Waals surface area (Å²) in [5, 5.41) is 0. The van der Waals surface area contributed by atoms with Crippen LogP contribution in [0.4, 0.5) is 0 Å². The summed E-state index contributed by atoms with van der Waals surface area (Å²) in [6, 6.07) is 0.620. The van der Waals surface area contributed by atoms with Crippen LogP contribution in [0.1, 0.15) is 34.1 Å². The van der Waals surface area contributed by atoms with Crippen LogP contribution in [-0.4, -0.2) is 37.7 Å². The van der Waals surface area contributed by atoms with Crippen molar-refractivity contribution in [2.45, 2.75) is 40.2 Å². The SMILES string of the molecule is CCOCC1C(C(C)(C)C)CCN1C. The summed E-state index contributed by atoms with van der Waals surface area (Å²) in [6.07, 6.45) is 1.32. The van der Waals surface area contributed by atoms with Gasteiger partial charge in [-0.15, -0.1) is 0 Å². The van der Waals surface area contributed by atoms with Crippen LogP contribution < -0.4 is 0 Å². The van der Waals surface area contributed by atoms with Gasteiger partial charge < -0.3 is 9.64 Å². The molecule has 0 radical (unpaired) electrons. The number of rotatable bonds is 3.